The molecule has 0 atom stereocenters. The number of benzene rings is 5. The minimum absolute atomic E-state index is 0.105. The number of carbonyl (C=O) groups is 6. The number of hydrogen-bond donors (Lipinski definition) is 1. The highest BCUT2D eigenvalue weighted by Crippen LogP contribution is 2.45. The van der Waals surface area contributed by atoms with Gasteiger partial charge in [0.15, 0.2) is 0 Å². The van der Waals surface area contributed by atoms with Gasteiger partial charge in [-0.05, 0) is 260 Å². The Balaban J connectivity index is -0.000000233. The predicted molar refractivity (Wildman–Crippen MR) is 630 cm³/mol. The first-order chi connectivity index (χ1) is 63.7. The van der Waals surface area contributed by atoms with Gasteiger partial charge in [-0.25, -0.2) is 0 Å². The molecule has 0 bridgehead atoms. The van der Waals surface area contributed by atoms with E-state index >= 15 is 0 Å². The molecule has 12 nitrogen and oxygen atoms in total. The van der Waals surface area contributed by atoms with Gasteiger partial charge < -0.3 is 28.8 Å². The minimum Gasteiger partial charge on any atom is -0.465 e. The molecule has 0 fully saturated rings. The Morgan fingerprint density at radius 3 is 0.916 bits per heavy atom. The molecule has 0 amide bonds. The predicted octanol–water partition coefficient (Wildman–Crippen LogP) is 38.6. The van der Waals surface area contributed by atoms with Gasteiger partial charge in [0.05, 0.1) is 55.0 Å². The van der Waals surface area contributed by atoms with Crippen molar-refractivity contribution in [2.45, 2.75) is 469 Å². The van der Waals surface area contributed by atoms with Crippen LogP contribution in [0, 0.1) is 93.6 Å². The molecule has 0 aliphatic heterocycles. The number of ketones is 1. The van der Waals surface area contributed by atoms with Crippen molar-refractivity contribution in [3.05, 3.63) is 192 Å². The molecule has 5 aromatic rings. The third kappa shape index (κ3) is 100. The lowest BCUT2D eigenvalue weighted by atomic mass is 9.86. The Bertz CT molecular complexity index is 4090. The molecule has 0 unspecified atom stereocenters. The SMILES string of the molecule is C=CCC(C)(C)C.C=CCOC(=O)C(C)(C)C.CC(=O)C(C)(C)C.CC(C)(C)C.CC(C)(C)C.CC(C)(C)C(=O)OCC1c2ccccc2-c2ccccc21.CC(C)(C)C(=O)OCc1ccccc1.CC(C)(C)CCCOC(=O)C(C)(C)C.CC(C)(C)Cc1ccc(CO)cc1.CC(C)(C)Cc1ccccc1.CC(C)CC(C)(C)C.CC(C)COC(=O)C(C)(C)C.CC(C)C[Si](C)(C)C(C)(C)C.CCC(C)(C)C. The highest BCUT2D eigenvalue weighted by molar-refractivity contribution is 6.80. The largest absolute Gasteiger partial charge is 0.465 e. The summed E-state index contributed by atoms with van der Waals surface area (Å²) in [6, 6.07) is 46.7. The number of aliphatic hydroxyl groups excluding tert-OH is 1. The van der Waals surface area contributed by atoms with Crippen molar-refractivity contribution in [3.8, 4) is 11.1 Å². The van der Waals surface area contributed by atoms with E-state index < -0.39 is 24.3 Å². The molecule has 0 saturated heterocycles. The normalized spacial score (nSPS) is 12.2. The van der Waals surface area contributed by atoms with E-state index in [-0.39, 0.29) is 64.4 Å². The van der Waals surface area contributed by atoms with E-state index in [1.807, 2.05) is 199 Å². The topological polar surface area (TPSA) is 169 Å². The first-order valence-corrected chi connectivity index (χ1v) is 56.4. The third-order valence-electron chi connectivity index (χ3n) is 20.2. The molecular weight excluding hydrogens is 1780 g/mol. The summed E-state index contributed by atoms with van der Waals surface area (Å²) >= 11 is 0. The number of Topliss-reactive ketones (excluding diaryl/α,β-unsaturated/α-hetero) is 1. The van der Waals surface area contributed by atoms with Gasteiger partial charge in [-0.15, -0.1) is 6.58 Å². The van der Waals surface area contributed by atoms with Gasteiger partial charge in [0.2, 0.25) is 0 Å². The fraction of sp³-hybridized carbons (Fsp3) is 0.692. The highest BCUT2D eigenvalue weighted by atomic mass is 28.3. The first kappa shape index (κ1) is 151. The van der Waals surface area contributed by atoms with Gasteiger partial charge in [0, 0.05) is 11.3 Å². The molecule has 13 heteroatoms. The van der Waals surface area contributed by atoms with Crippen LogP contribution < -0.4 is 0 Å². The van der Waals surface area contributed by atoms with Crippen LogP contribution >= 0.6 is 0 Å². The summed E-state index contributed by atoms with van der Waals surface area (Å²) in [6.45, 7) is 130. The second kappa shape index (κ2) is 69.9. The second-order valence-corrected chi connectivity index (χ2v) is 63.6. The summed E-state index contributed by atoms with van der Waals surface area (Å²) in [5.41, 5.74) is 11.2. The van der Waals surface area contributed by atoms with Crippen molar-refractivity contribution >= 4 is 43.7 Å². The molecule has 1 aliphatic carbocycles. The summed E-state index contributed by atoms with van der Waals surface area (Å²) in [7, 11) is -0.968. The maximum atomic E-state index is 12.0. The molecule has 1 aliphatic rings. The van der Waals surface area contributed by atoms with Crippen LogP contribution in [0.15, 0.2) is 159 Å². The molecule has 6 rings (SSSR count). The average molecular weight is 2020 g/mol. The van der Waals surface area contributed by atoms with Gasteiger partial charge in [0.25, 0.3) is 0 Å². The maximum absolute atomic E-state index is 12.0. The van der Waals surface area contributed by atoms with E-state index in [1.165, 1.54) is 52.3 Å². The fourth-order valence-corrected chi connectivity index (χ4v) is 13.8. The van der Waals surface area contributed by atoms with Crippen LogP contribution in [0.5, 0.6) is 0 Å². The van der Waals surface area contributed by atoms with Gasteiger partial charge in [-0.1, -0.05) is 448 Å². The van der Waals surface area contributed by atoms with E-state index in [9.17, 15) is 28.8 Å². The molecule has 0 saturated carbocycles. The van der Waals surface area contributed by atoms with Crippen molar-refractivity contribution in [1.29, 1.82) is 0 Å². The summed E-state index contributed by atoms with van der Waals surface area (Å²) in [4.78, 5) is 67.4. The number of ether oxygens (including phenoxy) is 5. The molecule has 0 heterocycles. The van der Waals surface area contributed by atoms with E-state index in [2.05, 4.69) is 341 Å². The molecular formula is C130H232O12Si. The lowest BCUT2D eigenvalue weighted by molar-refractivity contribution is -0.154. The summed E-state index contributed by atoms with van der Waals surface area (Å²) in [5.74, 6) is 1.79. The van der Waals surface area contributed by atoms with E-state index in [0.29, 0.717) is 87.3 Å². The third-order valence-corrected chi connectivity index (χ3v) is 26.1. The zero-order valence-electron chi connectivity index (χ0n) is 104. The highest BCUT2D eigenvalue weighted by Gasteiger charge is 2.36. The number of hydrogen-bond acceptors (Lipinski definition) is 12. The standard InChI is InChI=1S/C19H20O2.C12H16O2.C12H24O2.C12H18O.C11H16.C10H24Si.C9H18O2.C8H14O2.C8H18.C7H14.C6H12O.C6H14.2C5H12/c1-19(2,3)18(20)21-12-17-15-10-6-4-8-13(15)14-9-5-7-11-16(14)17;1-12(2,3)11(13)14-9-10-7-5-4-6-8-10;1-11(2,3)8-7-9-14-10(13)12(4,5)6;1-12(2,3)8-10-4-6-11(9-13)7-5-10;1-11(2,3)9-10-7-5-4-6-8-10;1-9(2)8-11(6,7)10(3,4)5;1-7(2)6-11-8(10)9(3,4)5;1-5-6-10-7(9)8(2,3)4;1-7(2)6-8(3,4)5;1-5-6-7(2,3)4;1-5(7)6(2,3)4;1-5-6(2,3)4;2*1-5(2,3)4/h4-11,17H,12H2,1-3H3;4-8H,9H2,1-3H3;7-9H2,1-6H3;4-7,13H,8-9H2,1-3H3;4-8H,9H2,1-3H3;9H,8H2,1-7H3;7H,6H2,1-5H3;5H,1,6H2,2-4H3;7H,6H2,1-5H3;5H,1,6H2,2-4H3;1-4H3;5H2,1-4H3;2*1-4H3. The van der Waals surface area contributed by atoms with Gasteiger partial charge in [-0.2, -0.15) is 0 Å². The van der Waals surface area contributed by atoms with Crippen molar-refractivity contribution in [3.63, 3.8) is 0 Å². The van der Waals surface area contributed by atoms with Crippen molar-refractivity contribution in [2.24, 2.45) is 93.6 Å². The fourth-order valence-electron chi connectivity index (χ4n) is 11.1. The number of allylic oxidation sites excluding steroid dienone is 1. The molecule has 0 radical (unpaired) electrons. The number of carbonyl (C=O) groups excluding carboxylic acids is 6. The smallest absolute Gasteiger partial charge is 0.311 e. The van der Waals surface area contributed by atoms with Crippen LogP contribution in [0.1, 0.15) is 452 Å². The Labute approximate surface area is 888 Å². The Kier molecular flexibility index (Phi) is 73.8. The van der Waals surface area contributed by atoms with Crippen molar-refractivity contribution < 1.29 is 57.6 Å². The summed E-state index contributed by atoms with van der Waals surface area (Å²) < 4.78 is 25.7. The quantitative estimate of drug-likeness (QED) is 0.0290. The molecule has 0 aromatic heterocycles. The van der Waals surface area contributed by atoms with Crippen LogP contribution in [0.3, 0.4) is 0 Å². The molecule has 5 aromatic carbocycles. The summed E-state index contributed by atoms with van der Waals surface area (Å²) in [6.07, 6.45) is 11.5. The Morgan fingerprint density at radius 2 is 0.664 bits per heavy atom. The number of fused-ring (bicyclic) bond motifs is 3. The van der Waals surface area contributed by atoms with Crippen LogP contribution in [-0.2, 0) is 78.5 Å². The Hall–Kier alpha value is -7.22. The first-order valence-electron chi connectivity index (χ1n) is 53.2. The van der Waals surface area contributed by atoms with Crippen molar-refractivity contribution in [2.75, 3.05) is 26.4 Å². The van der Waals surface area contributed by atoms with Gasteiger partial charge in [-0.3, -0.25) is 28.8 Å². The summed E-state index contributed by atoms with van der Waals surface area (Å²) in [5, 5.41) is 9.43. The molecule has 1 N–H and O–H groups in total. The number of rotatable bonds is 18. The molecule has 143 heavy (non-hydrogen) atoms. The molecule has 0 spiro atoms. The van der Waals surface area contributed by atoms with Crippen LogP contribution in [0.2, 0.25) is 24.2 Å². The van der Waals surface area contributed by atoms with Crippen molar-refractivity contribution in [1.82, 2.24) is 0 Å². The lowest BCUT2D eigenvalue weighted by Gasteiger charge is -2.38. The van der Waals surface area contributed by atoms with Gasteiger partial charge in [0.1, 0.15) is 25.6 Å². The lowest BCUT2D eigenvalue weighted by Crippen LogP contribution is -2.38. The van der Waals surface area contributed by atoms with Crippen LogP contribution in [-0.4, -0.2) is 75.2 Å². The monoisotopic (exact) mass is 2010 g/mol. The average Bonchev–Trinajstić information content (AvgIpc) is 1.61. The van der Waals surface area contributed by atoms with Crippen LogP contribution in [0.4, 0.5) is 0 Å². The zero-order chi connectivity index (χ0) is 115. The number of esters is 5. The minimum atomic E-state index is -0.968. The van der Waals surface area contributed by atoms with E-state index in [1.54, 1.807) is 13.0 Å². The van der Waals surface area contributed by atoms with Crippen LogP contribution in [0.25, 0.3) is 11.1 Å². The second-order valence-electron chi connectivity index (χ2n) is 57.9. The maximum Gasteiger partial charge on any atom is 0.311 e. The van der Waals surface area contributed by atoms with E-state index in [0.717, 1.165) is 55.1 Å². The van der Waals surface area contributed by atoms with E-state index in [4.69, 9.17) is 28.8 Å². The number of aliphatic hydroxyl groups is 1. The Morgan fingerprint density at radius 1 is 0.357 bits per heavy atom. The van der Waals surface area contributed by atoms with Gasteiger partial charge >= 0.3 is 29.8 Å². The molecule has 828 valence electrons. The zero-order valence-corrected chi connectivity index (χ0v) is 105.